The van der Waals surface area contributed by atoms with E-state index >= 15 is 0 Å². The third-order valence-electron chi connectivity index (χ3n) is 2.44. The van der Waals surface area contributed by atoms with Gasteiger partial charge < -0.3 is 20.3 Å². The van der Waals surface area contributed by atoms with Crippen molar-refractivity contribution in [2.24, 2.45) is 5.73 Å². The van der Waals surface area contributed by atoms with Gasteiger partial charge in [-0.15, -0.1) is 0 Å². The summed E-state index contributed by atoms with van der Waals surface area (Å²) < 4.78 is 10.3. The zero-order valence-corrected chi connectivity index (χ0v) is 9.97. The summed E-state index contributed by atoms with van der Waals surface area (Å²) in [5.74, 6) is -0.379. The van der Waals surface area contributed by atoms with Gasteiger partial charge in [-0.3, -0.25) is 4.79 Å². The van der Waals surface area contributed by atoms with E-state index < -0.39 is 12.0 Å². The summed E-state index contributed by atoms with van der Waals surface area (Å²) in [4.78, 5) is 10.7. The van der Waals surface area contributed by atoms with Gasteiger partial charge in [-0.25, -0.2) is 0 Å². The van der Waals surface area contributed by atoms with E-state index in [2.05, 4.69) is 0 Å². The van der Waals surface area contributed by atoms with Gasteiger partial charge in [0.1, 0.15) is 11.8 Å². The largest absolute Gasteiger partial charge is 0.496 e. The molecule has 0 saturated heterocycles. The number of methoxy groups -OCH3 is 2. The maximum absolute atomic E-state index is 10.7. The molecule has 0 radical (unpaired) electrons. The van der Waals surface area contributed by atoms with Crippen molar-refractivity contribution in [2.45, 2.75) is 19.1 Å². The van der Waals surface area contributed by atoms with Crippen LogP contribution in [0.2, 0.25) is 0 Å². The number of hydrogen-bond acceptors (Lipinski definition) is 4. The molecule has 1 rings (SSSR count). The molecule has 1 atom stereocenters. The first-order valence-corrected chi connectivity index (χ1v) is 5.22. The molecule has 0 heterocycles. The molecule has 94 valence electrons. The number of carboxylic acids is 1. The molecule has 0 bridgehead atoms. The Morgan fingerprint density at radius 3 is 2.59 bits per heavy atom. The summed E-state index contributed by atoms with van der Waals surface area (Å²) >= 11 is 0. The number of nitrogens with two attached hydrogens (primary N) is 1. The van der Waals surface area contributed by atoms with Crippen LogP contribution in [0.5, 0.6) is 5.75 Å². The fourth-order valence-corrected chi connectivity index (χ4v) is 1.65. The number of carbonyl (C=O) groups is 1. The predicted molar refractivity (Wildman–Crippen MR) is 63.0 cm³/mol. The Morgan fingerprint density at radius 1 is 1.41 bits per heavy atom. The maximum atomic E-state index is 10.7. The number of carboxylic acid groups (broad SMARTS) is 1. The Bertz CT molecular complexity index is 392. The first-order chi connectivity index (χ1) is 8.10. The summed E-state index contributed by atoms with van der Waals surface area (Å²) in [6.07, 6.45) is 0.232. The van der Waals surface area contributed by atoms with E-state index in [1.165, 1.54) is 0 Å². The molecule has 0 aliphatic carbocycles. The van der Waals surface area contributed by atoms with Gasteiger partial charge in [-0.05, 0) is 5.56 Å². The average Bonchev–Trinajstić information content (AvgIpc) is 2.29. The first kappa shape index (κ1) is 13.5. The van der Waals surface area contributed by atoms with Crippen molar-refractivity contribution in [2.75, 3.05) is 14.2 Å². The van der Waals surface area contributed by atoms with E-state index in [4.69, 9.17) is 20.3 Å². The number of para-hydroxylation sites is 1. The summed E-state index contributed by atoms with van der Waals surface area (Å²) in [6.45, 7) is 0.416. The molecule has 0 amide bonds. The smallest absolute Gasteiger partial charge is 0.320 e. The van der Waals surface area contributed by atoms with Gasteiger partial charge in [0.25, 0.3) is 0 Å². The molecule has 3 N–H and O–H groups in total. The van der Waals surface area contributed by atoms with Gasteiger partial charge in [-0.1, -0.05) is 18.2 Å². The Hall–Kier alpha value is -1.59. The first-order valence-electron chi connectivity index (χ1n) is 5.22. The van der Waals surface area contributed by atoms with Gasteiger partial charge in [0.2, 0.25) is 0 Å². The minimum atomic E-state index is -1.02. The highest BCUT2D eigenvalue weighted by molar-refractivity contribution is 5.73. The molecule has 0 fully saturated rings. The summed E-state index contributed by atoms with van der Waals surface area (Å²) in [5, 5.41) is 8.79. The van der Waals surface area contributed by atoms with E-state index in [9.17, 15) is 4.79 Å². The standard InChI is InChI=1S/C12H17NO4/c1-16-7-9-5-3-4-8(11(9)17-2)6-10(13)12(14)15/h3-5,10H,6-7,13H2,1-2H3,(H,14,15). The zero-order valence-electron chi connectivity index (χ0n) is 9.97. The lowest BCUT2D eigenvalue weighted by atomic mass is 10.0. The fourth-order valence-electron chi connectivity index (χ4n) is 1.65. The third-order valence-corrected chi connectivity index (χ3v) is 2.44. The zero-order chi connectivity index (χ0) is 12.8. The number of benzene rings is 1. The Morgan fingerprint density at radius 2 is 2.06 bits per heavy atom. The minimum absolute atomic E-state index is 0.232. The molecular formula is C12H17NO4. The van der Waals surface area contributed by atoms with E-state index in [-0.39, 0.29) is 6.42 Å². The lowest BCUT2D eigenvalue weighted by Gasteiger charge is -2.14. The average molecular weight is 239 g/mol. The van der Waals surface area contributed by atoms with Crippen LogP contribution in [0.3, 0.4) is 0 Å². The van der Waals surface area contributed by atoms with Gasteiger partial charge in [0.15, 0.2) is 0 Å². The molecule has 0 aliphatic rings. The third kappa shape index (κ3) is 3.44. The molecule has 1 aromatic carbocycles. The van der Waals surface area contributed by atoms with E-state index in [1.807, 2.05) is 12.1 Å². The number of ether oxygens (including phenoxy) is 2. The topological polar surface area (TPSA) is 81.8 Å². The normalized spacial score (nSPS) is 12.2. The lowest BCUT2D eigenvalue weighted by molar-refractivity contribution is -0.138. The molecule has 1 aromatic rings. The SMILES string of the molecule is COCc1cccc(CC(N)C(=O)O)c1OC. The Balaban J connectivity index is 2.98. The molecule has 5 nitrogen and oxygen atoms in total. The highest BCUT2D eigenvalue weighted by atomic mass is 16.5. The Kier molecular flexibility index (Phi) is 4.93. The lowest BCUT2D eigenvalue weighted by Crippen LogP contribution is -2.32. The van der Waals surface area contributed by atoms with Gasteiger partial charge in [0.05, 0.1) is 13.7 Å². The van der Waals surface area contributed by atoms with Crippen LogP contribution in [0.15, 0.2) is 18.2 Å². The molecule has 17 heavy (non-hydrogen) atoms. The number of aliphatic carboxylic acids is 1. The molecule has 0 aromatic heterocycles. The molecule has 1 unspecified atom stereocenters. The van der Waals surface area contributed by atoms with E-state index in [0.29, 0.717) is 12.4 Å². The van der Waals surface area contributed by atoms with Crippen LogP contribution in [0.4, 0.5) is 0 Å². The van der Waals surface area contributed by atoms with Gasteiger partial charge in [0, 0.05) is 19.1 Å². The number of hydrogen-bond donors (Lipinski definition) is 2. The highest BCUT2D eigenvalue weighted by Gasteiger charge is 2.16. The summed E-state index contributed by atoms with van der Waals surface area (Å²) in [7, 11) is 3.14. The summed E-state index contributed by atoms with van der Waals surface area (Å²) in [5.41, 5.74) is 7.16. The van der Waals surface area contributed by atoms with Crippen molar-refractivity contribution in [3.05, 3.63) is 29.3 Å². The fraction of sp³-hybridized carbons (Fsp3) is 0.417. The second kappa shape index (κ2) is 6.22. The summed E-state index contributed by atoms with van der Waals surface area (Å²) in [6, 6.07) is 4.58. The minimum Gasteiger partial charge on any atom is -0.496 e. The Labute approximate surface area is 100 Å². The molecule has 0 spiro atoms. The van der Waals surface area contributed by atoms with E-state index in [1.54, 1.807) is 20.3 Å². The second-order valence-electron chi connectivity index (χ2n) is 3.69. The second-order valence-corrected chi connectivity index (χ2v) is 3.69. The van der Waals surface area contributed by atoms with E-state index in [0.717, 1.165) is 11.1 Å². The van der Waals surface area contributed by atoms with Crippen LogP contribution < -0.4 is 10.5 Å². The van der Waals surface area contributed by atoms with Crippen LogP contribution in [0.25, 0.3) is 0 Å². The highest BCUT2D eigenvalue weighted by Crippen LogP contribution is 2.25. The van der Waals surface area contributed by atoms with Crippen LogP contribution in [-0.4, -0.2) is 31.3 Å². The van der Waals surface area contributed by atoms with Crippen molar-refractivity contribution in [1.82, 2.24) is 0 Å². The van der Waals surface area contributed by atoms with Crippen LogP contribution in [0.1, 0.15) is 11.1 Å². The van der Waals surface area contributed by atoms with Crippen molar-refractivity contribution in [1.29, 1.82) is 0 Å². The number of rotatable bonds is 6. The molecule has 5 heteroatoms. The van der Waals surface area contributed by atoms with Gasteiger partial charge >= 0.3 is 5.97 Å². The quantitative estimate of drug-likeness (QED) is 0.767. The van der Waals surface area contributed by atoms with Crippen molar-refractivity contribution >= 4 is 5.97 Å². The van der Waals surface area contributed by atoms with Crippen molar-refractivity contribution in [3.63, 3.8) is 0 Å². The molecular weight excluding hydrogens is 222 g/mol. The monoisotopic (exact) mass is 239 g/mol. The maximum Gasteiger partial charge on any atom is 0.320 e. The van der Waals surface area contributed by atoms with Crippen molar-refractivity contribution in [3.8, 4) is 5.75 Å². The predicted octanol–water partition coefficient (Wildman–Crippen LogP) is 0.796. The van der Waals surface area contributed by atoms with Crippen LogP contribution >= 0.6 is 0 Å². The van der Waals surface area contributed by atoms with Crippen LogP contribution in [-0.2, 0) is 22.6 Å². The molecule has 0 aliphatic heterocycles. The van der Waals surface area contributed by atoms with Gasteiger partial charge in [-0.2, -0.15) is 0 Å². The molecule has 0 saturated carbocycles. The van der Waals surface area contributed by atoms with Crippen molar-refractivity contribution < 1.29 is 19.4 Å². The van der Waals surface area contributed by atoms with Crippen LogP contribution in [0, 0.1) is 0 Å².